The number of amides is 2. The number of aromatic amines is 1. The van der Waals surface area contributed by atoms with Crippen molar-refractivity contribution in [2.75, 3.05) is 39.8 Å². The molecule has 1 saturated carbocycles. The van der Waals surface area contributed by atoms with Gasteiger partial charge in [-0.1, -0.05) is 12.8 Å². The summed E-state index contributed by atoms with van der Waals surface area (Å²) in [5.41, 5.74) is -0.0528. The number of carbonyl (C=O) groups excluding carboxylic acids is 2. The third-order valence-electron chi connectivity index (χ3n) is 8.24. The number of rotatable bonds is 2. The SMILES string of the molecule is CN1CC[C@]2(C(=O)N3CCC4(CCCC4)C3)CCCN(C(=O)c3ncc[nH]3)[C@H]2C1. The second-order valence-electron chi connectivity index (χ2n) is 9.91. The molecule has 2 atom stereocenters. The molecule has 1 N–H and O–H groups in total. The van der Waals surface area contributed by atoms with Crippen molar-refractivity contribution in [3.63, 3.8) is 0 Å². The van der Waals surface area contributed by atoms with Gasteiger partial charge in [-0.3, -0.25) is 9.59 Å². The molecule has 4 heterocycles. The highest BCUT2D eigenvalue weighted by molar-refractivity contribution is 5.92. The van der Waals surface area contributed by atoms with Crippen LogP contribution in [0.4, 0.5) is 0 Å². The lowest BCUT2D eigenvalue weighted by Gasteiger charge is -2.54. The van der Waals surface area contributed by atoms with E-state index >= 15 is 0 Å². The number of hydrogen-bond donors (Lipinski definition) is 1. The van der Waals surface area contributed by atoms with E-state index in [1.165, 1.54) is 25.7 Å². The van der Waals surface area contributed by atoms with Crippen LogP contribution >= 0.6 is 0 Å². The standard InChI is InChI=1S/C22H33N5O2/c1-25-13-9-22(20(29)26-14-8-21(16-26)5-2-3-6-21)7-4-12-27(17(22)15-25)19(28)18-23-10-11-24-18/h10-11,17H,2-9,12-16H2,1H3,(H,23,24)/t17-,22+/m0/s1. The van der Waals surface area contributed by atoms with E-state index in [1.54, 1.807) is 12.4 Å². The highest BCUT2D eigenvalue weighted by atomic mass is 16.2. The van der Waals surface area contributed by atoms with Gasteiger partial charge in [0, 0.05) is 38.6 Å². The quantitative estimate of drug-likeness (QED) is 0.827. The molecule has 2 amide bonds. The van der Waals surface area contributed by atoms with E-state index in [9.17, 15) is 9.59 Å². The molecule has 7 nitrogen and oxygen atoms in total. The Morgan fingerprint density at radius 1 is 1.07 bits per heavy atom. The molecule has 3 saturated heterocycles. The minimum Gasteiger partial charge on any atom is -0.342 e. The number of carbonyl (C=O) groups is 2. The van der Waals surface area contributed by atoms with Gasteiger partial charge in [-0.15, -0.1) is 0 Å². The minimum absolute atomic E-state index is 0.0686. The first-order valence-corrected chi connectivity index (χ1v) is 11.3. The smallest absolute Gasteiger partial charge is 0.289 e. The second kappa shape index (κ2) is 7.11. The number of nitrogens with zero attached hydrogens (tertiary/aromatic N) is 4. The number of fused-ring (bicyclic) bond motifs is 1. The van der Waals surface area contributed by atoms with Gasteiger partial charge in [0.25, 0.3) is 5.91 Å². The van der Waals surface area contributed by atoms with E-state index in [-0.39, 0.29) is 11.9 Å². The Kier molecular flexibility index (Phi) is 4.68. The Morgan fingerprint density at radius 3 is 2.66 bits per heavy atom. The van der Waals surface area contributed by atoms with Crippen LogP contribution < -0.4 is 0 Å². The number of H-pyrrole nitrogens is 1. The Morgan fingerprint density at radius 2 is 1.90 bits per heavy atom. The van der Waals surface area contributed by atoms with Crippen LogP contribution in [0.15, 0.2) is 12.4 Å². The zero-order valence-corrected chi connectivity index (χ0v) is 17.5. The molecule has 1 aromatic heterocycles. The van der Waals surface area contributed by atoms with Crippen molar-refractivity contribution in [1.82, 2.24) is 24.7 Å². The molecule has 0 bridgehead atoms. The van der Waals surface area contributed by atoms with E-state index in [2.05, 4.69) is 26.8 Å². The van der Waals surface area contributed by atoms with Gasteiger partial charge in [-0.05, 0) is 57.5 Å². The Bertz CT molecular complexity index is 772. The minimum atomic E-state index is -0.433. The summed E-state index contributed by atoms with van der Waals surface area (Å²) >= 11 is 0. The molecule has 4 aliphatic rings. The number of imidazole rings is 1. The van der Waals surface area contributed by atoms with Crippen molar-refractivity contribution in [3.05, 3.63) is 18.2 Å². The monoisotopic (exact) mass is 399 g/mol. The predicted molar refractivity (Wildman–Crippen MR) is 109 cm³/mol. The molecule has 5 rings (SSSR count). The van der Waals surface area contributed by atoms with Gasteiger partial charge in [0.15, 0.2) is 5.82 Å². The zero-order chi connectivity index (χ0) is 20.1. The molecule has 0 aromatic carbocycles. The number of hydrogen-bond acceptors (Lipinski definition) is 4. The van der Waals surface area contributed by atoms with Gasteiger partial charge >= 0.3 is 0 Å². The van der Waals surface area contributed by atoms with E-state index in [0.29, 0.717) is 23.7 Å². The van der Waals surface area contributed by atoms with Crippen molar-refractivity contribution in [2.24, 2.45) is 10.8 Å². The molecule has 4 fully saturated rings. The van der Waals surface area contributed by atoms with Gasteiger partial charge in [-0.2, -0.15) is 0 Å². The Balaban J connectivity index is 1.43. The van der Waals surface area contributed by atoms with E-state index in [1.807, 2.05) is 4.90 Å². The number of aromatic nitrogens is 2. The molecule has 1 spiro atoms. The molecular formula is C22H33N5O2. The molecule has 158 valence electrons. The average Bonchev–Trinajstić information content (AvgIpc) is 3.50. The maximum absolute atomic E-state index is 14.0. The largest absolute Gasteiger partial charge is 0.342 e. The third-order valence-corrected chi connectivity index (χ3v) is 8.24. The number of likely N-dealkylation sites (N-methyl/N-ethyl adjacent to an activating group) is 1. The Hall–Kier alpha value is -1.89. The van der Waals surface area contributed by atoms with Crippen molar-refractivity contribution >= 4 is 11.8 Å². The fraction of sp³-hybridized carbons (Fsp3) is 0.773. The summed E-state index contributed by atoms with van der Waals surface area (Å²) in [6.07, 6.45) is 12.3. The summed E-state index contributed by atoms with van der Waals surface area (Å²) in [5.74, 6) is 0.629. The summed E-state index contributed by atoms with van der Waals surface area (Å²) in [5, 5.41) is 0. The maximum Gasteiger partial charge on any atom is 0.289 e. The van der Waals surface area contributed by atoms with Crippen molar-refractivity contribution in [2.45, 2.75) is 57.4 Å². The van der Waals surface area contributed by atoms with E-state index < -0.39 is 5.41 Å². The lowest BCUT2D eigenvalue weighted by molar-refractivity contribution is -0.153. The number of piperidine rings is 2. The number of nitrogens with one attached hydrogen (secondary N) is 1. The number of likely N-dealkylation sites (tertiary alicyclic amines) is 3. The first-order chi connectivity index (χ1) is 14.0. The first kappa shape index (κ1) is 19.1. The van der Waals surface area contributed by atoms with E-state index in [4.69, 9.17) is 0 Å². The van der Waals surface area contributed by atoms with Gasteiger partial charge in [0.1, 0.15) is 0 Å². The van der Waals surface area contributed by atoms with Crippen LogP contribution in [0.2, 0.25) is 0 Å². The van der Waals surface area contributed by atoms with Crippen LogP contribution in [0.5, 0.6) is 0 Å². The molecule has 0 unspecified atom stereocenters. The molecule has 1 aromatic rings. The highest BCUT2D eigenvalue weighted by Gasteiger charge is 2.56. The lowest BCUT2D eigenvalue weighted by Crippen LogP contribution is -2.66. The van der Waals surface area contributed by atoms with Gasteiger partial charge in [0.2, 0.25) is 5.91 Å². The topological polar surface area (TPSA) is 72.5 Å². The van der Waals surface area contributed by atoms with Crippen LogP contribution in [0.25, 0.3) is 0 Å². The first-order valence-electron chi connectivity index (χ1n) is 11.3. The molecule has 0 radical (unpaired) electrons. The summed E-state index contributed by atoms with van der Waals surface area (Å²) in [6, 6.07) is -0.0692. The van der Waals surface area contributed by atoms with Crippen LogP contribution in [0.3, 0.4) is 0 Å². The molecule has 3 aliphatic heterocycles. The van der Waals surface area contributed by atoms with Crippen molar-refractivity contribution in [3.8, 4) is 0 Å². The average molecular weight is 400 g/mol. The van der Waals surface area contributed by atoms with Crippen LogP contribution in [0, 0.1) is 10.8 Å². The summed E-state index contributed by atoms with van der Waals surface area (Å²) < 4.78 is 0. The molecular weight excluding hydrogens is 366 g/mol. The maximum atomic E-state index is 14.0. The molecule has 29 heavy (non-hydrogen) atoms. The van der Waals surface area contributed by atoms with Crippen LogP contribution in [-0.2, 0) is 4.79 Å². The van der Waals surface area contributed by atoms with Gasteiger partial charge in [0.05, 0.1) is 11.5 Å². The van der Waals surface area contributed by atoms with Crippen molar-refractivity contribution < 1.29 is 9.59 Å². The summed E-state index contributed by atoms with van der Waals surface area (Å²) in [4.78, 5) is 40.7. The fourth-order valence-corrected chi connectivity index (χ4v) is 6.60. The summed E-state index contributed by atoms with van der Waals surface area (Å²) in [6.45, 7) is 4.22. The second-order valence-corrected chi connectivity index (χ2v) is 9.91. The van der Waals surface area contributed by atoms with Crippen LogP contribution in [0.1, 0.15) is 62.0 Å². The summed E-state index contributed by atoms with van der Waals surface area (Å²) in [7, 11) is 2.10. The predicted octanol–water partition coefficient (Wildman–Crippen LogP) is 2.13. The molecule has 7 heteroatoms. The normalized spacial score (nSPS) is 32.0. The highest BCUT2D eigenvalue weighted by Crippen LogP contribution is 2.49. The van der Waals surface area contributed by atoms with Crippen molar-refractivity contribution in [1.29, 1.82) is 0 Å². The fourth-order valence-electron chi connectivity index (χ4n) is 6.60. The third kappa shape index (κ3) is 3.09. The van der Waals surface area contributed by atoms with Gasteiger partial charge in [-0.25, -0.2) is 4.98 Å². The lowest BCUT2D eigenvalue weighted by atomic mass is 9.67. The Labute approximate surface area is 172 Å². The zero-order valence-electron chi connectivity index (χ0n) is 17.5. The van der Waals surface area contributed by atoms with Crippen LogP contribution in [-0.4, -0.2) is 82.3 Å². The molecule has 1 aliphatic carbocycles. The van der Waals surface area contributed by atoms with E-state index in [0.717, 1.165) is 51.9 Å². The van der Waals surface area contributed by atoms with Gasteiger partial charge < -0.3 is 19.7 Å².